The van der Waals surface area contributed by atoms with Gasteiger partial charge in [-0.3, -0.25) is 0 Å². The molecule has 6 heteroatoms. The minimum Gasteiger partial charge on any atom is -0.456 e. The fourth-order valence-electron chi connectivity index (χ4n) is 2.75. The van der Waals surface area contributed by atoms with Crippen LogP contribution in [0.25, 0.3) is 21.9 Å². The number of carbonyl (C=O) groups is 1. The first-order valence-corrected chi connectivity index (χ1v) is 8.52. The van der Waals surface area contributed by atoms with E-state index in [-0.39, 0.29) is 5.82 Å². The Morgan fingerprint density at radius 2 is 1.93 bits per heavy atom. The van der Waals surface area contributed by atoms with Crippen LogP contribution in [0.3, 0.4) is 0 Å². The molecule has 1 heterocycles. The predicted octanol–water partition coefficient (Wildman–Crippen LogP) is 5.41. The lowest BCUT2D eigenvalue weighted by molar-refractivity contribution is 0.0604. The van der Waals surface area contributed by atoms with Crippen LogP contribution >= 0.6 is 0 Å². The minimum atomic E-state index is -0.725. The van der Waals surface area contributed by atoms with Gasteiger partial charge in [0.05, 0.1) is 12.0 Å². The zero-order chi connectivity index (χ0) is 19.6. The molecule has 1 unspecified atom stereocenters. The zero-order valence-corrected chi connectivity index (χ0v) is 15.3. The Balaban J connectivity index is 1.79. The highest BCUT2D eigenvalue weighted by atomic mass is 19.1. The third-order valence-electron chi connectivity index (χ3n) is 3.87. The van der Waals surface area contributed by atoms with Crippen LogP contribution in [0.1, 0.15) is 26.3 Å². The molecule has 0 aliphatic carbocycles. The number of amides is 1. The molecule has 1 aromatic heterocycles. The Morgan fingerprint density at radius 3 is 2.59 bits per heavy atom. The molecule has 0 fully saturated rings. The number of hydrogen-bond acceptors (Lipinski definition) is 4. The molecule has 0 radical (unpaired) electrons. The van der Waals surface area contributed by atoms with E-state index in [9.17, 15) is 14.4 Å². The molecule has 0 spiro atoms. The molecule has 27 heavy (non-hydrogen) atoms. The largest absolute Gasteiger partial charge is 0.456 e. The average Bonchev–Trinajstić information content (AvgIpc) is 2.93. The predicted molar refractivity (Wildman–Crippen MR) is 101 cm³/mol. The fraction of sp³-hybridized carbons (Fsp3) is 0.286. The molecule has 2 aromatic carbocycles. The van der Waals surface area contributed by atoms with Crippen molar-refractivity contribution in [2.45, 2.75) is 32.8 Å². The Kier molecular flexibility index (Phi) is 4.95. The normalized spacial score (nSPS) is 13.1. The minimum absolute atomic E-state index is 0.357. The summed E-state index contributed by atoms with van der Waals surface area (Å²) in [7, 11) is 0. The van der Waals surface area contributed by atoms with Crippen molar-refractivity contribution in [2.75, 3.05) is 0 Å². The summed E-state index contributed by atoms with van der Waals surface area (Å²) >= 11 is 0. The van der Waals surface area contributed by atoms with Gasteiger partial charge in [0, 0.05) is 23.1 Å². The average molecular weight is 366 g/mol. The van der Waals surface area contributed by atoms with E-state index in [0.717, 1.165) is 16.3 Å². The maximum atomic E-state index is 13.4. The van der Waals surface area contributed by atoms with E-state index >= 15 is 0 Å². The summed E-state index contributed by atoms with van der Waals surface area (Å²) in [6.45, 7) is 5.24. The molecular weight excluding hydrogens is 347 g/mol. The molecular formula is C21H19FN2O3. The smallest absolute Gasteiger partial charge is 0.433 e. The van der Waals surface area contributed by atoms with Gasteiger partial charge in [0.15, 0.2) is 0 Å². The summed E-state index contributed by atoms with van der Waals surface area (Å²) in [4.78, 5) is 15.4. The van der Waals surface area contributed by atoms with Crippen LogP contribution in [0, 0.1) is 23.1 Å². The summed E-state index contributed by atoms with van der Waals surface area (Å²) in [5.74, 6) is -0.943. The van der Waals surface area contributed by atoms with Crippen LogP contribution < -0.4 is 0 Å². The number of benzene rings is 2. The summed E-state index contributed by atoms with van der Waals surface area (Å²) in [6.07, 6.45) is 0.939. The van der Waals surface area contributed by atoms with Crippen molar-refractivity contribution in [1.29, 1.82) is 5.26 Å². The zero-order valence-electron chi connectivity index (χ0n) is 15.3. The standard InChI is InChI=1S/C21H19FN2O3/c1-21(2,3)27-20(25)24-12-14(11-23)8-13-4-6-16-17-7-5-15(22)10-19(17)26-18(16)9-13/h4-7,9-10,12,14H,8H2,1-3H3. The first-order chi connectivity index (χ1) is 12.7. The van der Waals surface area contributed by atoms with Gasteiger partial charge in [-0.1, -0.05) is 12.1 Å². The quantitative estimate of drug-likeness (QED) is 0.581. The maximum Gasteiger partial charge on any atom is 0.433 e. The van der Waals surface area contributed by atoms with Gasteiger partial charge >= 0.3 is 6.09 Å². The molecule has 3 rings (SSSR count). The highest BCUT2D eigenvalue weighted by Crippen LogP contribution is 2.30. The number of aliphatic imine (C=N–C) groups is 1. The second kappa shape index (κ2) is 7.20. The summed E-state index contributed by atoms with van der Waals surface area (Å²) in [6, 6.07) is 12.1. The van der Waals surface area contributed by atoms with Gasteiger partial charge in [0.1, 0.15) is 22.6 Å². The van der Waals surface area contributed by atoms with Gasteiger partial charge in [-0.15, -0.1) is 0 Å². The topological polar surface area (TPSA) is 75.6 Å². The number of ether oxygens (including phenoxy) is 1. The Hall–Kier alpha value is -3.20. The summed E-state index contributed by atoms with van der Waals surface area (Å²) in [5.41, 5.74) is 1.31. The molecule has 5 nitrogen and oxygen atoms in total. The van der Waals surface area contributed by atoms with Crippen LogP contribution in [0.5, 0.6) is 0 Å². The fourth-order valence-corrected chi connectivity index (χ4v) is 2.75. The molecule has 3 aromatic rings. The van der Waals surface area contributed by atoms with E-state index < -0.39 is 17.6 Å². The number of nitrogens with zero attached hydrogens (tertiary/aromatic N) is 2. The van der Waals surface area contributed by atoms with Gasteiger partial charge in [-0.25, -0.2) is 9.18 Å². The van der Waals surface area contributed by atoms with Gasteiger partial charge in [0.25, 0.3) is 0 Å². The molecule has 0 saturated carbocycles. The highest BCUT2D eigenvalue weighted by molar-refractivity contribution is 6.04. The molecule has 0 bridgehead atoms. The van der Waals surface area contributed by atoms with Crippen LogP contribution in [0.15, 0.2) is 45.8 Å². The number of hydrogen-bond donors (Lipinski definition) is 0. The van der Waals surface area contributed by atoms with Crippen LogP contribution in [0.4, 0.5) is 9.18 Å². The van der Waals surface area contributed by atoms with E-state index in [1.165, 1.54) is 18.3 Å². The SMILES string of the molecule is CC(C)(C)OC(=O)N=CC(C#N)Cc1ccc2c(c1)oc1cc(F)ccc12. The number of halogens is 1. The van der Waals surface area contributed by atoms with Crippen molar-refractivity contribution < 1.29 is 18.3 Å². The van der Waals surface area contributed by atoms with Crippen molar-refractivity contribution >= 4 is 34.2 Å². The monoisotopic (exact) mass is 366 g/mol. The maximum absolute atomic E-state index is 13.4. The highest BCUT2D eigenvalue weighted by Gasteiger charge is 2.16. The summed E-state index contributed by atoms with van der Waals surface area (Å²) < 4.78 is 24.2. The van der Waals surface area contributed by atoms with Crippen molar-refractivity contribution in [3.63, 3.8) is 0 Å². The van der Waals surface area contributed by atoms with E-state index in [1.807, 2.05) is 18.2 Å². The lowest BCUT2D eigenvalue weighted by atomic mass is 10.0. The van der Waals surface area contributed by atoms with E-state index in [0.29, 0.717) is 17.6 Å². The third-order valence-corrected chi connectivity index (χ3v) is 3.87. The van der Waals surface area contributed by atoms with Crippen LogP contribution in [-0.2, 0) is 11.2 Å². The molecule has 0 aliphatic heterocycles. The first-order valence-electron chi connectivity index (χ1n) is 8.52. The van der Waals surface area contributed by atoms with E-state index in [4.69, 9.17) is 9.15 Å². The van der Waals surface area contributed by atoms with Crippen LogP contribution in [-0.4, -0.2) is 17.9 Å². The van der Waals surface area contributed by atoms with Crippen molar-refractivity contribution in [2.24, 2.45) is 10.9 Å². The van der Waals surface area contributed by atoms with Gasteiger partial charge in [-0.05, 0) is 51.0 Å². The second-order valence-electron chi connectivity index (χ2n) is 7.27. The molecule has 0 aliphatic rings. The summed E-state index contributed by atoms with van der Waals surface area (Å²) in [5, 5.41) is 11.0. The van der Waals surface area contributed by atoms with Crippen LogP contribution in [0.2, 0.25) is 0 Å². The van der Waals surface area contributed by atoms with Crippen molar-refractivity contribution in [3.8, 4) is 6.07 Å². The lowest BCUT2D eigenvalue weighted by Gasteiger charge is -2.17. The molecule has 0 N–H and O–H groups in total. The molecule has 1 atom stereocenters. The molecule has 138 valence electrons. The van der Waals surface area contributed by atoms with Gasteiger partial charge in [-0.2, -0.15) is 10.3 Å². The number of nitriles is 1. The number of furan rings is 1. The Morgan fingerprint density at radius 1 is 1.26 bits per heavy atom. The molecule has 1 amide bonds. The number of fused-ring (bicyclic) bond motifs is 3. The second-order valence-corrected chi connectivity index (χ2v) is 7.27. The van der Waals surface area contributed by atoms with Gasteiger partial charge < -0.3 is 9.15 Å². The van der Waals surface area contributed by atoms with E-state index in [1.54, 1.807) is 26.8 Å². The lowest BCUT2D eigenvalue weighted by Crippen LogP contribution is -2.22. The number of carbonyl (C=O) groups excluding carboxylic acids is 1. The van der Waals surface area contributed by atoms with Gasteiger partial charge in [0.2, 0.25) is 0 Å². The van der Waals surface area contributed by atoms with Crippen molar-refractivity contribution in [3.05, 3.63) is 47.8 Å². The Bertz CT molecular complexity index is 1070. The third kappa shape index (κ3) is 4.50. The van der Waals surface area contributed by atoms with Crippen molar-refractivity contribution in [1.82, 2.24) is 0 Å². The number of rotatable bonds is 3. The first kappa shape index (κ1) is 18.6. The molecule has 0 saturated heterocycles. The van der Waals surface area contributed by atoms with E-state index in [2.05, 4.69) is 11.1 Å². The Labute approximate surface area is 156 Å².